The number of esters is 1. The number of allylic oxidation sites excluding steroid dienone is 2. The molecule has 7 nitrogen and oxygen atoms in total. The number of fused-ring (bicyclic) bond motifs is 2. The highest BCUT2D eigenvalue weighted by Crippen LogP contribution is 2.41. The topological polar surface area (TPSA) is 78.9 Å². The average molecular weight is 710 g/mol. The van der Waals surface area contributed by atoms with Crippen molar-refractivity contribution in [1.82, 2.24) is 0 Å². The summed E-state index contributed by atoms with van der Waals surface area (Å²) in [5, 5.41) is 1.21. The number of thioether (sulfide) groups is 2. The van der Waals surface area contributed by atoms with Crippen molar-refractivity contribution in [2.45, 2.75) is 58.1 Å². The van der Waals surface area contributed by atoms with Crippen LogP contribution in [0.2, 0.25) is 10.0 Å². The van der Waals surface area contributed by atoms with Gasteiger partial charge >= 0.3 is 11.9 Å². The first-order valence-electron chi connectivity index (χ1n) is 15.3. The van der Waals surface area contributed by atoms with Gasteiger partial charge in [-0.2, -0.15) is 28.1 Å². The lowest BCUT2D eigenvalue weighted by atomic mass is 10.1. The zero-order valence-corrected chi connectivity index (χ0v) is 29.3. The van der Waals surface area contributed by atoms with Gasteiger partial charge in [-0.05, 0) is 84.6 Å². The molecule has 0 spiro atoms. The summed E-state index contributed by atoms with van der Waals surface area (Å²) in [7, 11) is 0. The van der Waals surface area contributed by atoms with Crippen molar-refractivity contribution in [1.29, 1.82) is 0 Å². The lowest BCUT2D eigenvalue weighted by Crippen LogP contribution is -2.35. The Hall–Kier alpha value is -1.95. The van der Waals surface area contributed by atoms with E-state index in [0.717, 1.165) is 46.0 Å². The second-order valence-electron chi connectivity index (χ2n) is 10.8. The molecule has 1 atom stereocenters. The van der Waals surface area contributed by atoms with E-state index in [2.05, 4.69) is 11.5 Å². The minimum absolute atomic E-state index is 0.0630. The van der Waals surface area contributed by atoms with Crippen LogP contribution in [0.25, 0.3) is 17.2 Å². The van der Waals surface area contributed by atoms with Crippen molar-refractivity contribution >= 4 is 87.6 Å². The molecular formula is C33H38Cl2N2O5S3. The largest absolute Gasteiger partial charge is 0.799 e. The molecule has 3 aromatic rings. The molecule has 2 aliphatic heterocycles. The number of benzene rings is 2. The van der Waals surface area contributed by atoms with Crippen molar-refractivity contribution in [2.75, 3.05) is 40.2 Å². The van der Waals surface area contributed by atoms with Crippen LogP contribution in [0.1, 0.15) is 51.3 Å². The molecule has 12 heteroatoms. The third-order valence-corrected chi connectivity index (χ3v) is 10.8. The maximum Gasteiger partial charge on any atom is 0.374 e. The van der Waals surface area contributed by atoms with Gasteiger partial charge in [0.2, 0.25) is 11.5 Å². The Bertz CT molecular complexity index is 1520. The van der Waals surface area contributed by atoms with Gasteiger partial charge in [-0.3, -0.25) is 16.8 Å². The fourth-order valence-electron chi connectivity index (χ4n) is 5.23. The molecule has 0 N–H and O–H groups in total. The number of nitrogens with zero attached hydrogens (tertiary/aromatic N) is 2. The fraction of sp³-hybridized carbons (Fsp3) is 0.455. The summed E-state index contributed by atoms with van der Waals surface area (Å²) in [6.45, 7) is 3.07. The zero-order valence-electron chi connectivity index (χ0n) is 25.3. The maximum absolute atomic E-state index is 13.1. The molecular weight excluding hydrogens is 671 g/mol. The number of aromatic nitrogens is 1. The number of carbonyl (C=O) groups excluding carboxylic acids is 1. The molecule has 0 aliphatic carbocycles. The van der Waals surface area contributed by atoms with Crippen molar-refractivity contribution < 1.29 is 27.8 Å². The fourth-order valence-corrected chi connectivity index (χ4v) is 7.93. The second kappa shape index (κ2) is 17.3. The van der Waals surface area contributed by atoms with E-state index >= 15 is 0 Å². The van der Waals surface area contributed by atoms with Crippen LogP contribution in [-0.4, -0.2) is 51.9 Å². The number of anilines is 1. The quantitative estimate of drug-likeness (QED) is 0.0841. The van der Waals surface area contributed by atoms with Gasteiger partial charge < -0.3 is 23.3 Å². The van der Waals surface area contributed by atoms with Crippen LogP contribution >= 0.6 is 58.8 Å². The van der Waals surface area contributed by atoms with Crippen LogP contribution in [0.4, 0.5) is 5.69 Å². The first-order valence-corrected chi connectivity index (χ1v) is 19.3. The lowest BCUT2D eigenvalue weighted by Gasteiger charge is -2.21. The summed E-state index contributed by atoms with van der Waals surface area (Å²) >= 11 is 17.1. The highest BCUT2D eigenvalue weighted by molar-refractivity contribution is 7.99. The molecule has 2 aliphatic rings. The van der Waals surface area contributed by atoms with Gasteiger partial charge in [0, 0.05) is 40.9 Å². The van der Waals surface area contributed by atoms with Gasteiger partial charge in [0.15, 0.2) is 12.3 Å². The summed E-state index contributed by atoms with van der Waals surface area (Å²) in [5.41, 5.74) is 3.37. The van der Waals surface area contributed by atoms with Crippen LogP contribution in [0.5, 0.6) is 5.75 Å². The van der Waals surface area contributed by atoms with E-state index in [9.17, 15) is 9.35 Å². The van der Waals surface area contributed by atoms with Gasteiger partial charge in [-0.15, -0.1) is 0 Å². The number of oxazole rings is 1. The molecule has 5 rings (SSSR count). The van der Waals surface area contributed by atoms with Gasteiger partial charge in [0.25, 0.3) is 5.52 Å². The molecule has 1 fully saturated rings. The number of rotatable bonds is 11. The Morgan fingerprint density at radius 1 is 1.16 bits per heavy atom. The Morgan fingerprint density at radius 2 is 1.96 bits per heavy atom. The van der Waals surface area contributed by atoms with E-state index in [-0.39, 0.29) is 18.5 Å². The minimum atomic E-state index is -0.207. The van der Waals surface area contributed by atoms with Crippen LogP contribution in [0, 0.1) is 0 Å². The SMILES string of the molecule is CCC(=Cc1oc2ccc(Cl)cc2[n+]1CCCS[O-])C=C1Oc2ccc(Cl)cc2N1CCC(=O)OC1CCSCCCCSC1. The van der Waals surface area contributed by atoms with Gasteiger partial charge in [-0.1, -0.05) is 30.1 Å². The standard InChI is InChI=1S/C33H38Cl2N2O5S3/c1-2-23(18-31-36(12-5-16-45-39)27-20-24(34)6-8-29(27)41-31)19-32-37(28-21-25(35)7-9-30(28)42-32)13-10-33(38)40-26-11-17-43-14-3-4-15-44-22-26/h6-9,18-21,26H,2-5,10-17,22H2,1H3. The van der Waals surface area contributed by atoms with E-state index < -0.39 is 0 Å². The van der Waals surface area contributed by atoms with E-state index in [1.165, 1.54) is 18.6 Å². The smallest absolute Gasteiger partial charge is 0.374 e. The van der Waals surface area contributed by atoms with Crippen LogP contribution in [-0.2, 0) is 16.1 Å². The summed E-state index contributed by atoms with van der Waals surface area (Å²) in [5.74, 6) is 6.38. The first kappa shape index (κ1) is 34.4. The predicted molar refractivity (Wildman–Crippen MR) is 188 cm³/mol. The molecule has 3 heterocycles. The maximum atomic E-state index is 13.1. The predicted octanol–water partition coefficient (Wildman–Crippen LogP) is 8.77. The van der Waals surface area contributed by atoms with Crippen molar-refractivity contribution in [3.63, 3.8) is 0 Å². The Labute approximate surface area is 287 Å². The molecule has 45 heavy (non-hydrogen) atoms. The first-order chi connectivity index (χ1) is 21.9. The third kappa shape index (κ3) is 9.55. The number of carbonyl (C=O) groups is 1. The van der Waals surface area contributed by atoms with E-state index in [1.807, 2.05) is 64.8 Å². The van der Waals surface area contributed by atoms with Crippen molar-refractivity contribution in [3.05, 3.63) is 69.9 Å². The second-order valence-corrected chi connectivity index (χ2v) is 14.7. The van der Waals surface area contributed by atoms with Crippen molar-refractivity contribution in [3.8, 4) is 5.75 Å². The molecule has 1 saturated heterocycles. The monoisotopic (exact) mass is 708 g/mol. The molecule has 2 aromatic carbocycles. The van der Waals surface area contributed by atoms with Crippen LogP contribution in [0.3, 0.4) is 0 Å². The molecule has 1 aromatic heterocycles. The van der Waals surface area contributed by atoms with E-state index in [1.54, 1.807) is 12.1 Å². The molecule has 242 valence electrons. The van der Waals surface area contributed by atoms with Gasteiger partial charge in [-0.25, -0.2) is 0 Å². The van der Waals surface area contributed by atoms with Gasteiger partial charge in [0.05, 0.1) is 18.2 Å². The number of hydrogen-bond acceptors (Lipinski definition) is 9. The lowest BCUT2D eigenvalue weighted by molar-refractivity contribution is -0.677. The number of halogens is 2. The van der Waals surface area contributed by atoms with E-state index in [4.69, 9.17) is 37.1 Å². The zero-order chi connectivity index (χ0) is 31.6. The Kier molecular flexibility index (Phi) is 13.2. The summed E-state index contributed by atoms with van der Waals surface area (Å²) in [6, 6.07) is 11.0. The van der Waals surface area contributed by atoms with E-state index in [0.29, 0.717) is 71.3 Å². The molecule has 1 unspecified atom stereocenters. The molecule has 0 radical (unpaired) electrons. The Morgan fingerprint density at radius 3 is 2.78 bits per heavy atom. The number of aryl methyl sites for hydroxylation is 1. The molecule has 0 bridgehead atoms. The minimum Gasteiger partial charge on any atom is -0.799 e. The highest BCUT2D eigenvalue weighted by Gasteiger charge is 2.29. The molecule has 0 saturated carbocycles. The van der Waals surface area contributed by atoms with Crippen LogP contribution < -0.4 is 14.2 Å². The highest BCUT2D eigenvalue weighted by atomic mass is 35.5. The van der Waals surface area contributed by atoms with Crippen LogP contribution in [0.15, 0.2) is 58.3 Å². The summed E-state index contributed by atoms with van der Waals surface area (Å²) in [4.78, 5) is 15.1. The average Bonchev–Trinajstić information content (AvgIpc) is 3.54. The summed E-state index contributed by atoms with van der Waals surface area (Å²) < 4.78 is 31.6. The third-order valence-electron chi connectivity index (χ3n) is 7.57. The van der Waals surface area contributed by atoms with Gasteiger partial charge in [0.1, 0.15) is 6.10 Å². The molecule has 0 amide bonds. The number of hydrogen-bond donors (Lipinski definition) is 0. The Balaban J connectivity index is 1.37. The van der Waals surface area contributed by atoms with Crippen molar-refractivity contribution in [2.24, 2.45) is 0 Å². The number of ether oxygens (including phenoxy) is 2. The normalized spacial score (nSPS) is 18.7. The summed E-state index contributed by atoms with van der Waals surface area (Å²) in [6.07, 6.45) is 8.87.